The number of carbonyl (C=O) groups excluding carboxylic acids is 2. The molecule has 2 heterocycles. The average Bonchev–Trinajstić information content (AvgIpc) is 2.62. The Morgan fingerprint density at radius 2 is 1.96 bits per heavy atom. The molecule has 0 aliphatic heterocycles. The molecule has 0 aliphatic carbocycles. The van der Waals surface area contributed by atoms with Crippen molar-refractivity contribution >= 4 is 17.8 Å². The van der Waals surface area contributed by atoms with Gasteiger partial charge in [0.15, 0.2) is 16.9 Å². The summed E-state index contributed by atoms with van der Waals surface area (Å²) in [5.41, 5.74) is 1.82. The Labute approximate surface area is 137 Å². The molecule has 1 amide bonds. The van der Waals surface area contributed by atoms with Gasteiger partial charge in [-0.05, 0) is 12.1 Å². The summed E-state index contributed by atoms with van der Waals surface area (Å²) in [6.45, 7) is 0. The molecule has 0 bridgehead atoms. The maximum Gasteiger partial charge on any atom is 0.229 e. The molecule has 0 saturated heterocycles. The molecule has 7 heteroatoms. The number of Topliss-reactive ketones (excluding diaryl/α,β-unsaturated/α-hetero) is 1. The highest BCUT2D eigenvalue weighted by Gasteiger charge is 2.12. The molecule has 3 rings (SSSR count). The fourth-order valence-corrected chi connectivity index (χ4v) is 2.19. The van der Waals surface area contributed by atoms with Crippen LogP contribution in [0, 0.1) is 0 Å². The second-order valence-electron chi connectivity index (χ2n) is 5.13. The molecule has 1 aromatic carbocycles. The summed E-state index contributed by atoms with van der Waals surface area (Å²) in [4.78, 5) is 27.7. The van der Waals surface area contributed by atoms with E-state index in [-0.39, 0.29) is 17.7 Å². The van der Waals surface area contributed by atoms with Crippen LogP contribution in [0.15, 0.2) is 59.8 Å². The summed E-state index contributed by atoms with van der Waals surface area (Å²) in [6.07, 6.45) is 2.35. The number of pyridine rings is 1. The molecule has 0 atom stereocenters. The van der Waals surface area contributed by atoms with Crippen LogP contribution in [-0.2, 0) is 11.2 Å². The minimum atomic E-state index is -0.0917. The molecule has 3 aromatic rings. The van der Waals surface area contributed by atoms with Crippen molar-refractivity contribution in [1.29, 1.82) is 0 Å². The number of ketones is 1. The Kier molecular flexibility index (Phi) is 4.42. The zero-order chi connectivity index (χ0) is 16.9. The number of benzene rings is 1. The predicted molar refractivity (Wildman–Crippen MR) is 86.9 cm³/mol. The van der Waals surface area contributed by atoms with Gasteiger partial charge in [-0.15, -0.1) is 5.10 Å². The standard InChI is InChI=1S/C17H15N5O2/c1-21(12-23)20-17-14(11-15(24)13-7-3-2-4-8-13)19-22-10-6-5-9-16(22)18-17/h2-10,12H,11H2,1H3. The first-order chi connectivity index (χ1) is 11.7. The predicted octanol–water partition coefficient (Wildman–Crippen LogP) is 1.06. The van der Waals surface area contributed by atoms with E-state index in [4.69, 9.17) is 0 Å². The molecule has 2 aromatic heterocycles. The van der Waals surface area contributed by atoms with E-state index < -0.39 is 0 Å². The van der Waals surface area contributed by atoms with Crippen molar-refractivity contribution in [3.63, 3.8) is 0 Å². The first kappa shape index (κ1) is 15.5. The molecule has 0 saturated carbocycles. The van der Waals surface area contributed by atoms with Gasteiger partial charge in [-0.2, -0.15) is 5.10 Å². The fraction of sp³-hybridized carbons (Fsp3) is 0.118. The van der Waals surface area contributed by atoms with Gasteiger partial charge in [0.1, 0.15) is 5.69 Å². The highest BCUT2D eigenvalue weighted by atomic mass is 16.1. The Morgan fingerprint density at radius 1 is 1.21 bits per heavy atom. The summed E-state index contributed by atoms with van der Waals surface area (Å²) in [7, 11) is 1.50. The maximum atomic E-state index is 12.5. The topological polar surface area (TPSA) is 79.9 Å². The molecule has 0 fully saturated rings. The normalized spacial score (nSPS) is 11.5. The summed E-state index contributed by atoms with van der Waals surface area (Å²) in [5, 5.41) is 9.62. The number of aromatic nitrogens is 3. The Hall–Kier alpha value is -3.35. The third kappa shape index (κ3) is 3.35. The van der Waals surface area contributed by atoms with Gasteiger partial charge in [-0.3, -0.25) is 9.59 Å². The largest absolute Gasteiger partial charge is 0.294 e. The lowest BCUT2D eigenvalue weighted by Crippen LogP contribution is -2.26. The van der Waals surface area contributed by atoms with Gasteiger partial charge in [0.25, 0.3) is 0 Å². The van der Waals surface area contributed by atoms with Gasteiger partial charge in [-0.1, -0.05) is 36.4 Å². The van der Waals surface area contributed by atoms with E-state index >= 15 is 0 Å². The first-order valence-electron chi connectivity index (χ1n) is 7.33. The molecule has 0 unspecified atom stereocenters. The number of fused-ring (bicyclic) bond motifs is 1. The van der Waals surface area contributed by atoms with E-state index in [1.165, 1.54) is 7.05 Å². The van der Waals surface area contributed by atoms with Gasteiger partial charge in [-0.25, -0.2) is 14.5 Å². The number of carbonyl (C=O) groups is 2. The zero-order valence-corrected chi connectivity index (χ0v) is 13.0. The summed E-state index contributed by atoms with van der Waals surface area (Å²) in [6, 6.07) is 14.4. The van der Waals surface area contributed by atoms with E-state index in [9.17, 15) is 9.59 Å². The van der Waals surface area contributed by atoms with Gasteiger partial charge < -0.3 is 0 Å². The van der Waals surface area contributed by atoms with Crippen LogP contribution in [-0.4, -0.2) is 38.8 Å². The Bertz CT molecular complexity index is 950. The SMILES string of the molecule is CN(C=O)N=c1nc2ccccn2nc1CC(=O)c1ccccc1. The molecule has 0 aliphatic rings. The molecule has 0 spiro atoms. The van der Waals surface area contributed by atoms with Gasteiger partial charge in [0.05, 0.1) is 6.42 Å². The van der Waals surface area contributed by atoms with E-state index in [1.54, 1.807) is 41.0 Å². The molecular formula is C17H15N5O2. The van der Waals surface area contributed by atoms with Crippen LogP contribution >= 0.6 is 0 Å². The number of amides is 1. The average molecular weight is 321 g/mol. The minimum absolute atomic E-state index is 0.0420. The third-order valence-corrected chi connectivity index (χ3v) is 3.35. The summed E-state index contributed by atoms with van der Waals surface area (Å²) in [5.74, 6) is -0.0917. The molecule has 24 heavy (non-hydrogen) atoms. The van der Waals surface area contributed by atoms with Crippen LogP contribution in [0.4, 0.5) is 0 Å². The van der Waals surface area contributed by atoms with Crippen LogP contribution in [0.3, 0.4) is 0 Å². The van der Waals surface area contributed by atoms with Crippen molar-refractivity contribution in [1.82, 2.24) is 19.6 Å². The lowest BCUT2D eigenvalue weighted by Gasteiger charge is -2.07. The highest BCUT2D eigenvalue weighted by molar-refractivity contribution is 5.97. The van der Waals surface area contributed by atoms with Gasteiger partial charge in [0.2, 0.25) is 6.41 Å². The lowest BCUT2D eigenvalue weighted by atomic mass is 10.1. The fourth-order valence-electron chi connectivity index (χ4n) is 2.19. The van der Waals surface area contributed by atoms with E-state index in [0.29, 0.717) is 23.3 Å². The zero-order valence-electron chi connectivity index (χ0n) is 13.0. The Morgan fingerprint density at radius 3 is 2.71 bits per heavy atom. The number of nitrogens with zero attached hydrogens (tertiary/aromatic N) is 5. The maximum absolute atomic E-state index is 12.5. The lowest BCUT2D eigenvalue weighted by molar-refractivity contribution is -0.117. The first-order valence-corrected chi connectivity index (χ1v) is 7.33. The number of hydrogen-bond donors (Lipinski definition) is 0. The smallest absolute Gasteiger partial charge is 0.229 e. The second kappa shape index (κ2) is 6.82. The highest BCUT2D eigenvalue weighted by Crippen LogP contribution is 2.04. The van der Waals surface area contributed by atoms with Crippen molar-refractivity contribution in [2.24, 2.45) is 5.10 Å². The van der Waals surface area contributed by atoms with Crippen molar-refractivity contribution in [2.75, 3.05) is 7.05 Å². The van der Waals surface area contributed by atoms with E-state index in [2.05, 4.69) is 15.2 Å². The monoisotopic (exact) mass is 321 g/mol. The molecule has 0 N–H and O–H groups in total. The Balaban J connectivity index is 2.07. The summed E-state index contributed by atoms with van der Waals surface area (Å²) < 4.78 is 1.58. The van der Waals surface area contributed by atoms with Crippen molar-refractivity contribution in [2.45, 2.75) is 6.42 Å². The van der Waals surface area contributed by atoms with Crippen molar-refractivity contribution in [3.05, 3.63) is 71.5 Å². The van der Waals surface area contributed by atoms with Crippen molar-refractivity contribution in [3.8, 4) is 0 Å². The van der Waals surface area contributed by atoms with E-state index in [0.717, 1.165) is 5.01 Å². The van der Waals surface area contributed by atoms with Crippen molar-refractivity contribution < 1.29 is 9.59 Å². The summed E-state index contributed by atoms with van der Waals surface area (Å²) >= 11 is 0. The van der Waals surface area contributed by atoms with Crippen LogP contribution in [0.2, 0.25) is 0 Å². The molecular weight excluding hydrogens is 306 g/mol. The van der Waals surface area contributed by atoms with Crippen LogP contribution in [0.25, 0.3) is 5.65 Å². The minimum Gasteiger partial charge on any atom is -0.294 e. The quantitative estimate of drug-likeness (QED) is 0.400. The van der Waals surface area contributed by atoms with Crippen LogP contribution in [0.5, 0.6) is 0 Å². The molecule has 0 radical (unpaired) electrons. The second-order valence-corrected chi connectivity index (χ2v) is 5.13. The van der Waals surface area contributed by atoms with Gasteiger partial charge >= 0.3 is 0 Å². The van der Waals surface area contributed by atoms with Crippen LogP contribution in [0.1, 0.15) is 16.1 Å². The number of hydrogen-bond acceptors (Lipinski definition) is 5. The molecule has 7 nitrogen and oxygen atoms in total. The van der Waals surface area contributed by atoms with Gasteiger partial charge in [0, 0.05) is 18.8 Å². The molecule has 120 valence electrons. The van der Waals surface area contributed by atoms with Crippen LogP contribution < -0.4 is 5.49 Å². The van der Waals surface area contributed by atoms with E-state index in [1.807, 2.05) is 18.2 Å². The number of rotatable bonds is 5. The third-order valence-electron chi connectivity index (χ3n) is 3.35.